The lowest BCUT2D eigenvalue weighted by molar-refractivity contribution is 0.0565. The minimum absolute atomic E-state index is 0.135. The number of fused-ring (bicyclic) bond motifs is 1. The number of anilines is 2. The fourth-order valence-corrected chi connectivity index (χ4v) is 2.44. The van der Waals surface area contributed by atoms with E-state index in [2.05, 4.69) is 9.97 Å². The molecule has 0 saturated heterocycles. The Morgan fingerprint density at radius 2 is 2.12 bits per heavy atom. The predicted octanol–water partition coefficient (Wildman–Crippen LogP) is 3.64. The minimum Gasteiger partial charge on any atom is -0.483 e. The van der Waals surface area contributed by atoms with Crippen molar-refractivity contribution < 1.29 is 19.0 Å². The molecule has 0 fully saturated rings. The van der Waals surface area contributed by atoms with Crippen LogP contribution < -0.4 is 20.1 Å². The van der Waals surface area contributed by atoms with Gasteiger partial charge in [0.15, 0.2) is 5.82 Å². The molecule has 0 unspecified atom stereocenters. The zero-order valence-electron chi connectivity index (χ0n) is 14.7. The summed E-state index contributed by atoms with van der Waals surface area (Å²) in [4.78, 5) is 22.1. The van der Waals surface area contributed by atoms with Crippen LogP contribution in [0.5, 0.6) is 17.4 Å². The van der Waals surface area contributed by atoms with Gasteiger partial charge in [-0.05, 0) is 32.9 Å². The van der Waals surface area contributed by atoms with Crippen molar-refractivity contribution in [3.8, 4) is 17.4 Å². The van der Waals surface area contributed by atoms with Gasteiger partial charge in [-0.1, -0.05) is 11.6 Å². The van der Waals surface area contributed by atoms with Gasteiger partial charge in [0.25, 0.3) is 5.88 Å². The summed E-state index contributed by atoms with van der Waals surface area (Å²) >= 11 is 6.13. The number of nitrogen functional groups attached to an aromatic ring is 1. The molecular formula is C17H19ClN4O4. The number of nitrogens with two attached hydrogens (primary N) is 1. The van der Waals surface area contributed by atoms with Crippen molar-refractivity contribution in [1.29, 1.82) is 0 Å². The second-order valence-corrected chi connectivity index (χ2v) is 7.01. The Balaban J connectivity index is 1.93. The van der Waals surface area contributed by atoms with Gasteiger partial charge in [-0.2, -0.15) is 4.98 Å². The Labute approximate surface area is 155 Å². The molecule has 2 aromatic rings. The molecule has 26 heavy (non-hydrogen) atoms. The van der Waals surface area contributed by atoms with Gasteiger partial charge in [-0.15, -0.1) is 0 Å². The van der Waals surface area contributed by atoms with Gasteiger partial charge in [-0.3, -0.25) is 4.90 Å². The van der Waals surface area contributed by atoms with E-state index >= 15 is 0 Å². The van der Waals surface area contributed by atoms with Crippen molar-refractivity contribution in [3.63, 3.8) is 0 Å². The molecule has 3 rings (SSSR count). The first kappa shape index (κ1) is 18.1. The molecule has 1 amide bonds. The summed E-state index contributed by atoms with van der Waals surface area (Å²) in [6.45, 7) is 5.94. The third-order valence-electron chi connectivity index (χ3n) is 3.35. The average molecular weight is 379 g/mol. The number of carbonyl (C=O) groups excluding carboxylic acids is 1. The molecule has 9 heteroatoms. The molecule has 2 N–H and O–H groups in total. The zero-order chi connectivity index (χ0) is 18.9. The summed E-state index contributed by atoms with van der Waals surface area (Å²) in [5, 5.41) is 0.367. The highest BCUT2D eigenvalue weighted by Gasteiger charge is 2.32. The van der Waals surface area contributed by atoms with Gasteiger partial charge in [0, 0.05) is 11.8 Å². The predicted molar refractivity (Wildman–Crippen MR) is 97.0 cm³/mol. The van der Waals surface area contributed by atoms with Crippen molar-refractivity contribution >= 4 is 29.2 Å². The highest BCUT2D eigenvalue weighted by molar-refractivity contribution is 6.32. The van der Waals surface area contributed by atoms with Crippen LogP contribution in [0.3, 0.4) is 0 Å². The van der Waals surface area contributed by atoms with Crippen LogP contribution in [0.4, 0.5) is 16.3 Å². The van der Waals surface area contributed by atoms with Crippen molar-refractivity contribution in [2.24, 2.45) is 0 Å². The van der Waals surface area contributed by atoms with Gasteiger partial charge in [0.1, 0.15) is 24.3 Å². The maximum Gasteiger partial charge on any atom is 0.416 e. The van der Waals surface area contributed by atoms with E-state index in [4.69, 9.17) is 31.5 Å². The molecule has 0 atom stereocenters. The van der Waals surface area contributed by atoms with Gasteiger partial charge < -0.3 is 19.9 Å². The van der Waals surface area contributed by atoms with Crippen LogP contribution in [0.1, 0.15) is 20.8 Å². The van der Waals surface area contributed by atoms with Crippen molar-refractivity contribution in [2.45, 2.75) is 26.4 Å². The molecule has 1 aromatic heterocycles. The number of nitrogens with zero attached hydrogens (tertiary/aromatic N) is 3. The molecule has 0 spiro atoms. The molecule has 8 nitrogen and oxygen atoms in total. The Morgan fingerprint density at radius 1 is 1.35 bits per heavy atom. The van der Waals surface area contributed by atoms with E-state index in [0.29, 0.717) is 23.0 Å². The molecule has 138 valence electrons. The molecule has 1 aromatic carbocycles. The second-order valence-electron chi connectivity index (χ2n) is 6.60. The summed E-state index contributed by atoms with van der Waals surface area (Å²) in [5.41, 5.74) is 5.63. The topological polar surface area (TPSA) is 99.8 Å². The van der Waals surface area contributed by atoms with E-state index in [-0.39, 0.29) is 24.1 Å². The molecule has 1 aliphatic rings. The molecule has 2 heterocycles. The van der Waals surface area contributed by atoms with Crippen molar-refractivity contribution in [2.75, 3.05) is 23.8 Å². The van der Waals surface area contributed by atoms with Gasteiger partial charge in [-0.25, -0.2) is 9.78 Å². The first-order valence-electron chi connectivity index (χ1n) is 7.96. The Hall–Kier alpha value is -2.74. The third-order valence-corrected chi connectivity index (χ3v) is 3.66. The average Bonchev–Trinajstić information content (AvgIpc) is 2.56. The maximum atomic E-state index is 12.5. The van der Waals surface area contributed by atoms with Gasteiger partial charge in [0.2, 0.25) is 5.75 Å². The first-order valence-corrected chi connectivity index (χ1v) is 8.33. The highest BCUT2D eigenvalue weighted by atomic mass is 35.5. The van der Waals surface area contributed by atoms with E-state index in [9.17, 15) is 4.79 Å². The monoisotopic (exact) mass is 378 g/mol. The summed E-state index contributed by atoms with van der Waals surface area (Å²) < 4.78 is 16.8. The minimum atomic E-state index is -0.628. The third kappa shape index (κ3) is 3.91. The van der Waals surface area contributed by atoms with Crippen LogP contribution in [0.15, 0.2) is 24.5 Å². The van der Waals surface area contributed by atoms with Gasteiger partial charge >= 0.3 is 6.09 Å². The molecule has 1 aliphatic heterocycles. The standard InChI is InChI=1S/C17H19ClN4O4/c1-17(2,3)26-16(23)22-6-7-24-13-14(22)20-9-21-15(13)25-12-8-10(19)4-5-11(12)18/h4-5,8-9H,6-7,19H2,1-3H3. The largest absolute Gasteiger partial charge is 0.483 e. The summed E-state index contributed by atoms with van der Waals surface area (Å²) in [6, 6.07) is 4.85. The van der Waals surface area contributed by atoms with Crippen LogP contribution in [0, 0.1) is 0 Å². The molecule has 0 aliphatic carbocycles. The number of hydrogen-bond donors (Lipinski definition) is 1. The number of ether oxygens (including phenoxy) is 3. The van der Waals surface area contributed by atoms with Crippen molar-refractivity contribution in [1.82, 2.24) is 9.97 Å². The molecule has 0 radical (unpaired) electrons. The lowest BCUT2D eigenvalue weighted by Crippen LogP contribution is -2.42. The molecule has 0 bridgehead atoms. The maximum absolute atomic E-state index is 12.5. The fourth-order valence-electron chi connectivity index (χ4n) is 2.28. The SMILES string of the molecule is CC(C)(C)OC(=O)N1CCOc2c(Oc3cc(N)ccc3Cl)ncnc21. The summed E-state index contributed by atoms with van der Waals surface area (Å²) in [7, 11) is 0. The van der Waals surface area contributed by atoms with Crippen LogP contribution in [0.25, 0.3) is 0 Å². The van der Waals surface area contributed by atoms with E-state index in [1.54, 1.807) is 39.0 Å². The van der Waals surface area contributed by atoms with Gasteiger partial charge in [0.05, 0.1) is 11.6 Å². The van der Waals surface area contributed by atoms with E-state index in [0.717, 1.165) is 0 Å². The molecular weight excluding hydrogens is 360 g/mol. The Kier molecular flexibility index (Phi) is 4.78. The number of hydrogen-bond acceptors (Lipinski definition) is 7. The fraction of sp³-hybridized carbons (Fsp3) is 0.353. The highest BCUT2D eigenvalue weighted by Crippen LogP contribution is 2.40. The number of aromatic nitrogens is 2. The van der Waals surface area contributed by atoms with E-state index < -0.39 is 11.7 Å². The number of amides is 1. The van der Waals surface area contributed by atoms with Crippen LogP contribution in [0.2, 0.25) is 5.02 Å². The van der Waals surface area contributed by atoms with Crippen molar-refractivity contribution in [3.05, 3.63) is 29.5 Å². The summed E-state index contributed by atoms with van der Waals surface area (Å²) in [6.07, 6.45) is 0.758. The lowest BCUT2D eigenvalue weighted by Gasteiger charge is -2.30. The van der Waals surface area contributed by atoms with Crippen LogP contribution >= 0.6 is 11.6 Å². The van der Waals surface area contributed by atoms with Crippen LogP contribution in [-0.2, 0) is 4.74 Å². The van der Waals surface area contributed by atoms with E-state index in [1.807, 2.05) is 0 Å². The second kappa shape index (κ2) is 6.87. The Morgan fingerprint density at radius 3 is 2.85 bits per heavy atom. The molecule has 0 saturated carbocycles. The number of benzene rings is 1. The quantitative estimate of drug-likeness (QED) is 0.796. The normalized spacial score (nSPS) is 13.6. The smallest absolute Gasteiger partial charge is 0.416 e. The zero-order valence-corrected chi connectivity index (χ0v) is 15.4. The first-order chi connectivity index (χ1) is 12.2. The summed E-state index contributed by atoms with van der Waals surface area (Å²) in [5.74, 6) is 0.972. The van der Waals surface area contributed by atoms with Crippen LogP contribution in [-0.4, -0.2) is 34.8 Å². The number of halogens is 1. The lowest BCUT2D eigenvalue weighted by atomic mass is 10.2. The van der Waals surface area contributed by atoms with E-state index in [1.165, 1.54) is 11.2 Å². The number of carbonyl (C=O) groups is 1. The number of rotatable bonds is 2. The Bertz CT molecular complexity index is 838.